The maximum absolute atomic E-state index is 12.0. The second-order valence-corrected chi connectivity index (χ2v) is 4.56. The van der Waals surface area contributed by atoms with E-state index in [1.54, 1.807) is 30.6 Å². The quantitative estimate of drug-likeness (QED) is 0.243. The van der Waals surface area contributed by atoms with Crippen molar-refractivity contribution in [2.24, 2.45) is 10.9 Å². The van der Waals surface area contributed by atoms with Gasteiger partial charge in [0.1, 0.15) is 5.84 Å². The van der Waals surface area contributed by atoms with Crippen molar-refractivity contribution in [1.82, 2.24) is 15.3 Å². The predicted molar refractivity (Wildman–Crippen MR) is 79.1 cm³/mol. The van der Waals surface area contributed by atoms with E-state index in [0.29, 0.717) is 24.0 Å². The summed E-state index contributed by atoms with van der Waals surface area (Å²) in [6.07, 6.45) is 5.23. The summed E-state index contributed by atoms with van der Waals surface area (Å²) in [6.45, 7) is 0.538. The Kier molecular flexibility index (Phi) is 5.03. The molecule has 1 aromatic carbocycles. The van der Waals surface area contributed by atoms with Crippen molar-refractivity contribution < 1.29 is 10.0 Å². The van der Waals surface area contributed by atoms with Crippen molar-refractivity contribution in [3.05, 3.63) is 36.2 Å². The molecule has 7 heteroatoms. The summed E-state index contributed by atoms with van der Waals surface area (Å²) >= 11 is 0. The van der Waals surface area contributed by atoms with E-state index < -0.39 is 0 Å². The van der Waals surface area contributed by atoms with E-state index >= 15 is 0 Å². The van der Waals surface area contributed by atoms with Crippen molar-refractivity contribution in [3.63, 3.8) is 0 Å². The molecule has 1 aromatic heterocycles. The predicted octanol–water partition coefficient (Wildman–Crippen LogP) is 1.28. The zero-order valence-corrected chi connectivity index (χ0v) is 11.5. The highest BCUT2D eigenvalue weighted by Crippen LogP contribution is 2.10. The van der Waals surface area contributed by atoms with Gasteiger partial charge in [0.25, 0.3) is 5.91 Å². The number of benzene rings is 1. The van der Waals surface area contributed by atoms with Crippen LogP contribution in [0.5, 0.6) is 0 Å². The van der Waals surface area contributed by atoms with Gasteiger partial charge in [0.2, 0.25) is 0 Å². The summed E-state index contributed by atoms with van der Waals surface area (Å²) < 4.78 is 0. The van der Waals surface area contributed by atoms with Gasteiger partial charge < -0.3 is 16.3 Å². The van der Waals surface area contributed by atoms with Gasteiger partial charge in [-0.3, -0.25) is 14.8 Å². The lowest BCUT2D eigenvalue weighted by molar-refractivity contribution is 0.0953. The second-order valence-electron chi connectivity index (χ2n) is 4.56. The number of hydrogen-bond donors (Lipinski definition) is 3. The molecule has 0 radical (unpaired) electrons. The number of amidine groups is 1. The molecule has 2 aromatic rings. The zero-order valence-electron chi connectivity index (χ0n) is 11.5. The van der Waals surface area contributed by atoms with Gasteiger partial charge in [0.15, 0.2) is 0 Å². The molecule has 0 saturated heterocycles. The van der Waals surface area contributed by atoms with Gasteiger partial charge in [0.05, 0.1) is 11.0 Å². The number of amides is 1. The lowest BCUT2D eigenvalue weighted by Crippen LogP contribution is -2.24. The molecule has 0 unspecified atom stereocenters. The first-order chi connectivity index (χ1) is 10.2. The molecule has 0 spiro atoms. The highest BCUT2D eigenvalue weighted by Gasteiger charge is 2.06. The summed E-state index contributed by atoms with van der Waals surface area (Å²) in [7, 11) is 0. The first kappa shape index (κ1) is 14.7. The average Bonchev–Trinajstić information content (AvgIpc) is 2.53. The van der Waals surface area contributed by atoms with Crippen molar-refractivity contribution in [1.29, 1.82) is 0 Å². The van der Waals surface area contributed by atoms with Crippen LogP contribution in [0.25, 0.3) is 11.0 Å². The summed E-state index contributed by atoms with van der Waals surface area (Å²) in [5, 5.41) is 14.1. The van der Waals surface area contributed by atoms with Crippen molar-refractivity contribution in [2.75, 3.05) is 6.54 Å². The number of hydrogen-bond acceptors (Lipinski definition) is 5. The van der Waals surface area contributed by atoms with E-state index in [4.69, 9.17) is 10.9 Å². The number of aromatic nitrogens is 2. The second kappa shape index (κ2) is 7.18. The minimum Gasteiger partial charge on any atom is -0.409 e. The summed E-state index contributed by atoms with van der Waals surface area (Å²) in [6, 6.07) is 5.21. The van der Waals surface area contributed by atoms with Crippen molar-refractivity contribution >= 4 is 22.8 Å². The van der Waals surface area contributed by atoms with Gasteiger partial charge in [-0.2, -0.15) is 0 Å². The highest BCUT2D eigenvalue weighted by atomic mass is 16.4. The SMILES string of the molecule is NC(CCCCNC(=O)c1ccc2nccnc2c1)=NO. The minimum absolute atomic E-state index is 0.147. The van der Waals surface area contributed by atoms with Crippen molar-refractivity contribution in [3.8, 4) is 0 Å². The molecule has 0 aliphatic carbocycles. The molecule has 21 heavy (non-hydrogen) atoms. The Morgan fingerprint density at radius 1 is 1.24 bits per heavy atom. The van der Waals surface area contributed by atoms with Crippen LogP contribution in [0.3, 0.4) is 0 Å². The molecule has 0 fully saturated rings. The van der Waals surface area contributed by atoms with Gasteiger partial charge in [0, 0.05) is 30.9 Å². The zero-order chi connectivity index (χ0) is 15.1. The molecule has 0 saturated carbocycles. The fourth-order valence-electron chi connectivity index (χ4n) is 1.89. The Hall–Kier alpha value is -2.70. The highest BCUT2D eigenvalue weighted by molar-refractivity contribution is 5.97. The molecule has 7 nitrogen and oxygen atoms in total. The number of unbranched alkanes of at least 4 members (excludes halogenated alkanes) is 1. The molecule has 110 valence electrons. The van der Waals surface area contributed by atoms with Gasteiger partial charge in [-0.1, -0.05) is 5.16 Å². The Morgan fingerprint density at radius 2 is 2.00 bits per heavy atom. The number of oxime groups is 1. The Bertz CT molecular complexity index is 657. The number of nitrogens with one attached hydrogen (secondary N) is 1. The smallest absolute Gasteiger partial charge is 0.251 e. The largest absolute Gasteiger partial charge is 0.409 e. The molecule has 4 N–H and O–H groups in total. The Morgan fingerprint density at radius 3 is 2.76 bits per heavy atom. The van der Waals surface area contributed by atoms with E-state index in [2.05, 4.69) is 20.4 Å². The third kappa shape index (κ3) is 4.13. The van der Waals surface area contributed by atoms with E-state index in [1.165, 1.54) is 0 Å². The molecule has 2 rings (SSSR count). The minimum atomic E-state index is -0.147. The maximum atomic E-state index is 12.0. The maximum Gasteiger partial charge on any atom is 0.251 e. The van der Waals surface area contributed by atoms with E-state index in [0.717, 1.165) is 18.4 Å². The average molecular weight is 287 g/mol. The first-order valence-electron chi connectivity index (χ1n) is 6.66. The van der Waals surface area contributed by atoms with E-state index in [1.807, 2.05) is 0 Å². The van der Waals surface area contributed by atoms with E-state index in [-0.39, 0.29) is 11.7 Å². The molecule has 0 atom stereocenters. The normalized spacial score (nSPS) is 11.5. The van der Waals surface area contributed by atoms with Crippen LogP contribution in [0, 0.1) is 0 Å². The Labute approximate surface area is 121 Å². The van der Waals surface area contributed by atoms with Gasteiger partial charge in [-0.05, 0) is 31.0 Å². The third-order valence-corrected chi connectivity index (χ3v) is 3.01. The summed E-state index contributed by atoms with van der Waals surface area (Å²) in [4.78, 5) is 20.3. The van der Waals surface area contributed by atoms with Gasteiger partial charge >= 0.3 is 0 Å². The number of carbonyl (C=O) groups is 1. The van der Waals surface area contributed by atoms with Crippen LogP contribution >= 0.6 is 0 Å². The molecule has 0 aliphatic heterocycles. The lowest BCUT2D eigenvalue weighted by Gasteiger charge is -2.05. The molecule has 0 bridgehead atoms. The van der Waals surface area contributed by atoms with Crippen molar-refractivity contribution in [2.45, 2.75) is 19.3 Å². The van der Waals surface area contributed by atoms with Crippen LogP contribution in [0.15, 0.2) is 35.7 Å². The fraction of sp³-hybridized carbons (Fsp3) is 0.286. The van der Waals surface area contributed by atoms with E-state index in [9.17, 15) is 4.79 Å². The molecule has 1 heterocycles. The van der Waals surface area contributed by atoms with Gasteiger partial charge in [-0.25, -0.2) is 0 Å². The molecule has 0 aliphatic rings. The van der Waals surface area contributed by atoms with Crippen LogP contribution in [0.1, 0.15) is 29.6 Å². The molecule has 1 amide bonds. The third-order valence-electron chi connectivity index (χ3n) is 3.01. The number of nitrogens with zero attached hydrogens (tertiary/aromatic N) is 3. The first-order valence-corrected chi connectivity index (χ1v) is 6.66. The summed E-state index contributed by atoms with van der Waals surface area (Å²) in [5.74, 6) is 0.0563. The monoisotopic (exact) mass is 287 g/mol. The topological polar surface area (TPSA) is 113 Å². The number of nitrogens with two attached hydrogens (primary N) is 1. The van der Waals surface area contributed by atoms with Crippen LogP contribution in [-0.4, -0.2) is 33.5 Å². The number of fused-ring (bicyclic) bond motifs is 1. The standard InChI is InChI=1S/C14H17N5O2/c15-13(19-21)3-1-2-6-18-14(20)10-4-5-11-12(9-10)17-8-7-16-11/h4-5,7-9,21H,1-3,6H2,(H2,15,19)(H,18,20). The number of carbonyl (C=O) groups excluding carboxylic acids is 1. The lowest BCUT2D eigenvalue weighted by atomic mass is 10.1. The van der Waals surface area contributed by atoms with Crippen LogP contribution < -0.4 is 11.1 Å². The van der Waals surface area contributed by atoms with Crippen LogP contribution in [0.2, 0.25) is 0 Å². The fourth-order valence-corrected chi connectivity index (χ4v) is 1.89. The van der Waals surface area contributed by atoms with Gasteiger partial charge in [-0.15, -0.1) is 0 Å². The molecular weight excluding hydrogens is 270 g/mol. The molecular formula is C14H17N5O2. The Balaban J connectivity index is 1.84. The van der Waals surface area contributed by atoms with Crippen LogP contribution in [-0.2, 0) is 0 Å². The number of rotatable bonds is 6. The summed E-state index contributed by atoms with van der Waals surface area (Å²) in [5.41, 5.74) is 7.36. The van der Waals surface area contributed by atoms with Crippen LogP contribution in [0.4, 0.5) is 0 Å².